The maximum absolute atomic E-state index is 12.2. The molecule has 9 nitrogen and oxygen atoms in total. The van der Waals surface area contributed by atoms with Gasteiger partial charge in [-0.1, -0.05) is 84.9 Å². The van der Waals surface area contributed by atoms with Crippen molar-refractivity contribution < 1.29 is 32.5 Å². The summed E-state index contributed by atoms with van der Waals surface area (Å²) in [6.45, 7) is 3.44. The lowest BCUT2D eigenvalue weighted by Gasteiger charge is -2.34. The SMILES string of the molecule is COc1ccc(C(C[C@@H](C)N(Cc2ccccc2)C[C@@H](O)COc2ccc(OCc3ccccc3)c(NS(C)(=O)=O)c2)c2ccc(OC)cc2)cc1. The highest BCUT2D eigenvalue weighted by Gasteiger charge is 2.25. The zero-order valence-corrected chi connectivity index (χ0v) is 31.0. The van der Waals surface area contributed by atoms with E-state index in [-0.39, 0.29) is 30.9 Å². The van der Waals surface area contributed by atoms with Crippen LogP contribution in [0.3, 0.4) is 0 Å². The van der Waals surface area contributed by atoms with E-state index in [9.17, 15) is 13.5 Å². The van der Waals surface area contributed by atoms with Gasteiger partial charge in [-0.25, -0.2) is 8.42 Å². The fraction of sp³-hybridized carbons (Fsp3) is 0.286. The quantitative estimate of drug-likeness (QED) is 0.0902. The number of benzene rings is 5. The van der Waals surface area contributed by atoms with Gasteiger partial charge < -0.3 is 24.1 Å². The summed E-state index contributed by atoms with van der Waals surface area (Å²) >= 11 is 0. The van der Waals surface area contributed by atoms with Crippen LogP contribution < -0.4 is 23.7 Å². The molecule has 0 aliphatic rings. The van der Waals surface area contributed by atoms with Crippen molar-refractivity contribution in [1.29, 1.82) is 0 Å². The van der Waals surface area contributed by atoms with Gasteiger partial charge in [0.1, 0.15) is 42.3 Å². The summed E-state index contributed by atoms with van der Waals surface area (Å²) in [5.41, 5.74) is 4.67. The minimum absolute atomic E-state index is 0.000925. The summed E-state index contributed by atoms with van der Waals surface area (Å²) < 4.78 is 49.8. The predicted molar refractivity (Wildman–Crippen MR) is 206 cm³/mol. The van der Waals surface area contributed by atoms with Crippen LogP contribution in [0.2, 0.25) is 0 Å². The first kappa shape index (κ1) is 38.2. The largest absolute Gasteiger partial charge is 0.497 e. The number of nitrogens with zero attached hydrogens (tertiary/aromatic N) is 1. The molecular weight excluding hydrogens is 677 g/mol. The Morgan fingerprint density at radius 2 is 1.25 bits per heavy atom. The molecule has 0 aromatic heterocycles. The van der Waals surface area contributed by atoms with Crippen LogP contribution >= 0.6 is 0 Å². The lowest BCUT2D eigenvalue weighted by molar-refractivity contribution is 0.0490. The van der Waals surface area contributed by atoms with Gasteiger partial charge in [0.25, 0.3) is 0 Å². The van der Waals surface area contributed by atoms with Crippen LogP contribution in [0.1, 0.15) is 41.5 Å². The Morgan fingerprint density at radius 3 is 1.79 bits per heavy atom. The second-order valence-electron chi connectivity index (χ2n) is 12.9. The Kier molecular flexibility index (Phi) is 13.6. The normalized spacial score (nSPS) is 12.7. The summed E-state index contributed by atoms with van der Waals surface area (Å²) in [6.07, 6.45) is 1.03. The molecule has 274 valence electrons. The predicted octanol–water partition coefficient (Wildman–Crippen LogP) is 7.51. The highest BCUT2D eigenvalue weighted by molar-refractivity contribution is 7.92. The average Bonchev–Trinajstić information content (AvgIpc) is 3.15. The number of hydrogen-bond donors (Lipinski definition) is 2. The molecule has 5 aromatic carbocycles. The van der Waals surface area contributed by atoms with E-state index in [0.717, 1.165) is 46.4 Å². The van der Waals surface area contributed by atoms with Crippen molar-refractivity contribution in [2.75, 3.05) is 38.3 Å². The van der Waals surface area contributed by atoms with Crippen LogP contribution in [0.4, 0.5) is 5.69 Å². The molecule has 5 aromatic rings. The van der Waals surface area contributed by atoms with Crippen LogP contribution in [0.5, 0.6) is 23.0 Å². The molecule has 5 rings (SSSR count). The number of aliphatic hydroxyl groups is 1. The van der Waals surface area contributed by atoms with Crippen LogP contribution in [0.25, 0.3) is 0 Å². The average molecular weight is 725 g/mol. The number of rotatable bonds is 19. The van der Waals surface area contributed by atoms with Gasteiger partial charge >= 0.3 is 0 Å². The third-order valence-corrected chi connectivity index (χ3v) is 9.43. The van der Waals surface area contributed by atoms with Crippen molar-refractivity contribution in [2.45, 2.75) is 44.6 Å². The van der Waals surface area contributed by atoms with E-state index in [1.54, 1.807) is 32.4 Å². The molecule has 52 heavy (non-hydrogen) atoms. The van der Waals surface area contributed by atoms with Crippen molar-refractivity contribution in [3.8, 4) is 23.0 Å². The smallest absolute Gasteiger partial charge is 0.229 e. The van der Waals surface area contributed by atoms with Crippen molar-refractivity contribution in [3.63, 3.8) is 0 Å². The lowest BCUT2D eigenvalue weighted by atomic mass is 9.85. The molecule has 0 bridgehead atoms. The first-order valence-corrected chi connectivity index (χ1v) is 19.1. The summed E-state index contributed by atoms with van der Waals surface area (Å²) in [5.74, 6) is 2.44. The van der Waals surface area contributed by atoms with E-state index in [1.807, 2.05) is 72.8 Å². The second kappa shape index (κ2) is 18.5. The molecule has 0 unspecified atom stereocenters. The van der Waals surface area contributed by atoms with E-state index in [1.165, 1.54) is 0 Å². The molecule has 0 saturated carbocycles. The molecule has 0 radical (unpaired) electrons. The van der Waals surface area contributed by atoms with Crippen LogP contribution in [-0.2, 0) is 23.2 Å². The maximum Gasteiger partial charge on any atom is 0.229 e. The Hall–Kier alpha value is -5.03. The first-order chi connectivity index (χ1) is 25.1. The van der Waals surface area contributed by atoms with Gasteiger partial charge in [-0.2, -0.15) is 0 Å². The van der Waals surface area contributed by atoms with Crippen LogP contribution in [-0.4, -0.2) is 64.2 Å². The first-order valence-electron chi connectivity index (χ1n) is 17.3. The molecule has 2 N–H and O–H groups in total. The number of methoxy groups -OCH3 is 2. The molecule has 0 aliphatic carbocycles. The summed E-state index contributed by atoms with van der Waals surface area (Å²) in [5, 5.41) is 11.4. The van der Waals surface area contributed by atoms with Gasteiger partial charge in [0.15, 0.2) is 0 Å². The van der Waals surface area contributed by atoms with Crippen LogP contribution in [0.15, 0.2) is 127 Å². The Bertz CT molecular complexity index is 1880. The Morgan fingerprint density at radius 1 is 0.712 bits per heavy atom. The molecular formula is C42H48N2O7S. The molecule has 0 amide bonds. The van der Waals surface area contributed by atoms with Gasteiger partial charge in [-0.15, -0.1) is 0 Å². The topological polar surface area (TPSA) is 107 Å². The number of hydrogen-bond acceptors (Lipinski definition) is 8. The van der Waals surface area contributed by atoms with Gasteiger partial charge in [0.2, 0.25) is 10.0 Å². The fourth-order valence-electron chi connectivity index (χ4n) is 6.10. The molecule has 0 fully saturated rings. The van der Waals surface area contributed by atoms with E-state index in [2.05, 4.69) is 52.9 Å². The third kappa shape index (κ3) is 11.5. The Balaban J connectivity index is 1.32. The zero-order valence-electron chi connectivity index (χ0n) is 30.1. The monoisotopic (exact) mass is 724 g/mol. The van der Waals surface area contributed by atoms with Gasteiger partial charge in [0.05, 0.1) is 26.2 Å². The molecule has 0 spiro atoms. The standard InChI is InChI=1S/C42H48N2O7S/c1-31(25-40(34-15-19-37(48-2)20-16-34)35-17-21-38(49-3)22-18-35)44(27-32-11-7-5-8-12-32)28-36(45)30-50-39-23-24-42(41(26-39)43-52(4,46)47)51-29-33-13-9-6-10-14-33/h5-24,26,31,36,40,43,45H,25,27-30H2,1-4H3/t31-,36-/m1/s1. The summed E-state index contributed by atoms with van der Waals surface area (Å²) in [4.78, 5) is 2.28. The number of anilines is 1. The van der Waals surface area contributed by atoms with E-state index in [4.69, 9.17) is 18.9 Å². The number of sulfonamides is 1. The fourth-order valence-corrected chi connectivity index (χ4v) is 6.66. The molecule has 0 aliphatic heterocycles. The number of ether oxygens (including phenoxy) is 4. The van der Waals surface area contributed by atoms with Gasteiger partial charge in [0, 0.05) is 31.1 Å². The number of aliphatic hydroxyl groups excluding tert-OH is 1. The van der Waals surface area contributed by atoms with Crippen molar-refractivity contribution >= 4 is 15.7 Å². The lowest BCUT2D eigenvalue weighted by Crippen LogP contribution is -2.41. The minimum Gasteiger partial charge on any atom is -0.497 e. The zero-order chi connectivity index (χ0) is 36.9. The highest BCUT2D eigenvalue weighted by Crippen LogP contribution is 2.34. The van der Waals surface area contributed by atoms with Crippen molar-refractivity contribution in [3.05, 3.63) is 150 Å². The van der Waals surface area contributed by atoms with Gasteiger partial charge in [-0.05, 0) is 72.0 Å². The second-order valence-corrected chi connectivity index (χ2v) is 14.6. The van der Waals surface area contributed by atoms with Gasteiger partial charge in [-0.3, -0.25) is 9.62 Å². The van der Waals surface area contributed by atoms with E-state index >= 15 is 0 Å². The maximum atomic E-state index is 12.2. The number of nitrogens with one attached hydrogen (secondary N) is 1. The van der Waals surface area contributed by atoms with Crippen molar-refractivity contribution in [1.82, 2.24) is 4.90 Å². The van der Waals surface area contributed by atoms with E-state index in [0.29, 0.717) is 24.6 Å². The summed E-state index contributed by atoms with van der Waals surface area (Å²) in [7, 11) is -0.271. The van der Waals surface area contributed by atoms with Crippen molar-refractivity contribution in [2.24, 2.45) is 0 Å². The third-order valence-electron chi connectivity index (χ3n) is 8.84. The molecule has 0 saturated heterocycles. The molecule has 10 heteroatoms. The molecule has 0 heterocycles. The van der Waals surface area contributed by atoms with Crippen LogP contribution in [0, 0.1) is 0 Å². The molecule has 2 atom stereocenters. The Labute approximate surface area is 307 Å². The van der Waals surface area contributed by atoms with E-state index < -0.39 is 16.1 Å². The minimum atomic E-state index is -3.60. The summed E-state index contributed by atoms with van der Waals surface area (Å²) in [6, 6.07) is 41.2. The highest BCUT2D eigenvalue weighted by atomic mass is 32.2.